The van der Waals surface area contributed by atoms with Crippen LogP contribution in [0.25, 0.3) is 0 Å². The van der Waals surface area contributed by atoms with Crippen LogP contribution in [-0.2, 0) is 16.1 Å². The maximum absolute atomic E-state index is 14.8. The summed E-state index contributed by atoms with van der Waals surface area (Å²) in [6.07, 6.45) is 3.65. The average molecular weight is 498 g/mol. The van der Waals surface area contributed by atoms with Gasteiger partial charge in [-0.1, -0.05) is 0 Å². The zero-order valence-electron chi connectivity index (χ0n) is 21.3. The minimum absolute atomic E-state index is 0.200. The number of halogens is 1. The van der Waals surface area contributed by atoms with Crippen LogP contribution in [0.5, 0.6) is 0 Å². The van der Waals surface area contributed by atoms with Gasteiger partial charge in [-0.15, -0.1) is 0 Å². The predicted molar refractivity (Wildman–Crippen MR) is 140 cm³/mol. The predicted octanol–water partition coefficient (Wildman–Crippen LogP) is 1.76. The molecule has 2 aliphatic rings. The molecule has 2 N–H and O–H groups in total. The van der Waals surface area contributed by atoms with E-state index in [9.17, 15) is 14.0 Å². The molecule has 0 unspecified atom stereocenters. The van der Waals surface area contributed by atoms with Crippen LogP contribution < -0.4 is 20.4 Å². The zero-order valence-corrected chi connectivity index (χ0v) is 21.3. The molecule has 10 heteroatoms. The number of hydrogen-bond donors (Lipinski definition) is 2. The molecule has 0 bridgehead atoms. The standard InChI is InChI=1S/C26H36FN7O2/c1-31(2)21-7-10-33(11-8-21)23-5-4-20(17-22(23)27)30-26(36)25(35)29-18-19-6-9-28-24(16-19)34-14-12-32(3)13-15-34/h4-6,9,16-17,21H,7-8,10-15,18H2,1-3H3,(H,29,35)(H,30,36). The third-order valence-electron chi connectivity index (χ3n) is 7.04. The summed E-state index contributed by atoms with van der Waals surface area (Å²) in [5.41, 5.74) is 1.62. The topological polar surface area (TPSA) is 84.0 Å². The van der Waals surface area contributed by atoms with E-state index in [0.29, 0.717) is 11.7 Å². The SMILES string of the molecule is CN1CCN(c2cc(CNC(=O)C(=O)Nc3ccc(N4CCC(N(C)C)CC4)c(F)c3)ccn2)CC1. The molecule has 2 aliphatic heterocycles. The van der Waals surface area contributed by atoms with E-state index >= 15 is 0 Å². The largest absolute Gasteiger partial charge is 0.369 e. The van der Waals surface area contributed by atoms with E-state index < -0.39 is 17.6 Å². The number of piperazine rings is 1. The maximum Gasteiger partial charge on any atom is 0.313 e. The van der Waals surface area contributed by atoms with E-state index in [-0.39, 0.29) is 12.2 Å². The highest BCUT2D eigenvalue weighted by molar-refractivity contribution is 6.39. The summed E-state index contributed by atoms with van der Waals surface area (Å²) in [4.78, 5) is 37.9. The summed E-state index contributed by atoms with van der Waals surface area (Å²) in [5.74, 6) is -1.16. The Kier molecular flexibility index (Phi) is 8.37. The van der Waals surface area contributed by atoms with E-state index in [0.717, 1.165) is 63.5 Å². The van der Waals surface area contributed by atoms with Crippen molar-refractivity contribution in [2.75, 3.05) is 75.5 Å². The number of hydrogen-bond acceptors (Lipinski definition) is 7. The van der Waals surface area contributed by atoms with Crippen molar-refractivity contribution in [2.45, 2.75) is 25.4 Å². The van der Waals surface area contributed by atoms with Gasteiger partial charge in [0, 0.05) is 63.7 Å². The number of benzene rings is 1. The molecular formula is C26H36FN7O2. The summed E-state index contributed by atoms with van der Waals surface area (Å²) < 4.78 is 14.8. The molecule has 0 atom stereocenters. The van der Waals surface area contributed by atoms with Crippen molar-refractivity contribution in [3.63, 3.8) is 0 Å². The van der Waals surface area contributed by atoms with Gasteiger partial charge in [0.25, 0.3) is 0 Å². The number of aromatic nitrogens is 1. The summed E-state index contributed by atoms with van der Waals surface area (Å²) in [7, 11) is 6.23. The number of carbonyl (C=O) groups is 2. The molecule has 36 heavy (non-hydrogen) atoms. The highest BCUT2D eigenvalue weighted by Gasteiger charge is 2.23. The van der Waals surface area contributed by atoms with Crippen LogP contribution in [0.1, 0.15) is 18.4 Å². The first-order chi connectivity index (χ1) is 17.3. The van der Waals surface area contributed by atoms with Gasteiger partial charge in [0.15, 0.2) is 0 Å². The molecule has 1 aromatic heterocycles. The van der Waals surface area contributed by atoms with E-state index in [2.05, 4.69) is 51.5 Å². The number of pyridine rings is 1. The van der Waals surface area contributed by atoms with Crippen LogP contribution >= 0.6 is 0 Å². The summed E-state index contributed by atoms with van der Waals surface area (Å²) in [6, 6.07) is 8.81. The number of carbonyl (C=O) groups excluding carboxylic acids is 2. The third kappa shape index (κ3) is 6.50. The lowest BCUT2D eigenvalue weighted by Crippen LogP contribution is -2.44. The van der Waals surface area contributed by atoms with Crippen LogP contribution in [0.2, 0.25) is 0 Å². The monoisotopic (exact) mass is 497 g/mol. The minimum Gasteiger partial charge on any atom is -0.369 e. The van der Waals surface area contributed by atoms with Gasteiger partial charge in [0.1, 0.15) is 11.6 Å². The van der Waals surface area contributed by atoms with Gasteiger partial charge in [-0.05, 0) is 69.9 Å². The van der Waals surface area contributed by atoms with Crippen molar-refractivity contribution in [1.82, 2.24) is 20.1 Å². The van der Waals surface area contributed by atoms with Gasteiger partial charge in [-0.2, -0.15) is 0 Å². The number of amides is 2. The molecule has 0 aliphatic carbocycles. The van der Waals surface area contributed by atoms with Crippen molar-refractivity contribution >= 4 is 29.0 Å². The van der Waals surface area contributed by atoms with Crippen molar-refractivity contribution in [2.24, 2.45) is 0 Å². The lowest BCUT2D eigenvalue weighted by molar-refractivity contribution is -0.136. The third-order valence-corrected chi connectivity index (χ3v) is 7.04. The molecule has 2 amide bonds. The van der Waals surface area contributed by atoms with Crippen molar-refractivity contribution in [1.29, 1.82) is 0 Å². The number of rotatable bonds is 6. The molecule has 4 rings (SSSR count). The lowest BCUT2D eigenvalue weighted by Gasteiger charge is -2.36. The molecule has 9 nitrogen and oxygen atoms in total. The normalized spacial score (nSPS) is 17.4. The smallest absolute Gasteiger partial charge is 0.313 e. The first kappa shape index (κ1) is 25.8. The van der Waals surface area contributed by atoms with Gasteiger partial charge < -0.3 is 30.2 Å². The van der Waals surface area contributed by atoms with Crippen LogP contribution in [0.3, 0.4) is 0 Å². The molecule has 2 aromatic rings. The van der Waals surface area contributed by atoms with Crippen molar-refractivity contribution in [3.05, 3.63) is 47.9 Å². The number of nitrogens with one attached hydrogen (secondary N) is 2. The molecule has 2 saturated heterocycles. The van der Waals surface area contributed by atoms with E-state index in [1.807, 2.05) is 17.0 Å². The van der Waals surface area contributed by atoms with E-state index in [4.69, 9.17) is 0 Å². The summed E-state index contributed by atoms with van der Waals surface area (Å²) in [5, 5.41) is 5.13. The number of likely N-dealkylation sites (N-methyl/N-ethyl adjacent to an activating group) is 1. The quantitative estimate of drug-likeness (QED) is 0.589. The zero-order chi connectivity index (χ0) is 25.7. The first-order valence-corrected chi connectivity index (χ1v) is 12.5. The Morgan fingerprint density at radius 1 is 1.00 bits per heavy atom. The van der Waals surface area contributed by atoms with Gasteiger partial charge in [0.05, 0.1) is 5.69 Å². The molecule has 1 aromatic carbocycles. The maximum atomic E-state index is 14.8. The number of piperidine rings is 1. The first-order valence-electron chi connectivity index (χ1n) is 12.5. The van der Waals surface area contributed by atoms with E-state index in [1.54, 1.807) is 18.3 Å². The number of nitrogens with zero attached hydrogens (tertiary/aromatic N) is 5. The fraction of sp³-hybridized carbons (Fsp3) is 0.500. The molecule has 2 fully saturated rings. The molecule has 0 radical (unpaired) electrons. The highest BCUT2D eigenvalue weighted by Crippen LogP contribution is 2.26. The van der Waals surface area contributed by atoms with Crippen molar-refractivity contribution in [3.8, 4) is 0 Å². The highest BCUT2D eigenvalue weighted by atomic mass is 19.1. The lowest BCUT2D eigenvalue weighted by atomic mass is 10.0. The fourth-order valence-corrected chi connectivity index (χ4v) is 4.69. The second-order valence-corrected chi connectivity index (χ2v) is 9.80. The Morgan fingerprint density at radius 3 is 2.39 bits per heavy atom. The van der Waals surface area contributed by atoms with Crippen LogP contribution in [0.15, 0.2) is 36.5 Å². The van der Waals surface area contributed by atoms with Crippen LogP contribution in [0, 0.1) is 5.82 Å². The van der Waals surface area contributed by atoms with Gasteiger partial charge in [0.2, 0.25) is 0 Å². The second kappa shape index (κ2) is 11.7. The van der Waals surface area contributed by atoms with Crippen LogP contribution in [0.4, 0.5) is 21.6 Å². The average Bonchev–Trinajstić information content (AvgIpc) is 2.88. The van der Waals surface area contributed by atoms with Crippen LogP contribution in [-0.4, -0.2) is 93.1 Å². The Labute approximate surface area is 212 Å². The molecule has 3 heterocycles. The summed E-state index contributed by atoms with van der Waals surface area (Å²) >= 11 is 0. The Morgan fingerprint density at radius 2 is 1.72 bits per heavy atom. The Hall–Kier alpha value is -3.24. The van der Waals surface area contributed by atoms with Gasteiger partial charge in [-0.3, -0.25) is 9.59 Å². The van der Waals surface area contributed by atoms with Gasteiger partial charge in [-0.25, -0.2) is 9.37 Å². The molecule has 0 saturated carbocycles. The number of anilines is 3. The summed E-state index contributed by atoms with van der Waals surface area (Å²) in [6.45, 7) is 5.49. The van der Waals surface area contributed by atoms with Gasteiger partial charge >= 0.3 is 11.8 Å². The minimum atomic E-state index is -0.831. The molecule has 0 spiro atoms. The van der Waals surface area contributed by atoms with E-state index in [1.165, 1.54) is 6.07 Å². The Balaban J connectivity index is 1.28. The van der Waals surface area contributed by atoms with Crippen molar-refractivity contribution < 1.29 is 14.0 Å². The molecular weight excluding hydrogens is 461 g/mol. The second-order valence-electron chi connectivity index (χ2n) is 9.80. The molecule has 194 valence electrons. The fourth-order valence-electron chi connectivity index (χ4n) is 4.69. The Bertz CT molecular complexity index is 1060.